The summed E-state index contributed by atoms with van der Waals surface area (Å²) in [6.45, 7) is 4.15. The topological polar surface area (TPSA) is 94.3 Å². The number of ether oxygens (including phenoxy) is 2. The molecule has 0 spiro atoms. The molecule has 7 heteroatoms. The van der Waals surface area contributed by atoms with Crippen LogP contribution in [0, 0.1) is 0 Å². The molecule has 0 aliphatic carbocycles. The number of nitrogens with two attached hydrogens (primary N) is 1. The van der Waals surface area contributed by atoms with Crippen LogP contribution in [0.5, 0.6) is 0 Å². The largest absolute Gasteiger partial charge is 0.393 e. The average molecular weight is 281 g/mol. The lowest BCUT2D eigenvalue weighted by Gasteiger charge is -2.17. The highest BCUT2D eigenvalue weighted by molar-refractivity contribution is 5.74. The van der Waals surface area contributed by atoms with Crippen molar-refractivity contribution in [2.24, 2.45) is 0 Å². The first-order valence-electron chi connectivity index (χ1n) is 6.92. The Bertz CT molecular complexity index is 423. The maximum Gasteiger partial charge on any atom is 0.155 e. The Balaban J connectivity index is 1.95. The van der Waals surface area contributed by atoms with Gasteiger partial charge in [-0.05, 0) is 19.8 Å². The fourth-order valence-electron chi connectivity index (χ4n) is 2.19. The average Bonchev–Trinajstić information content (AvgIpc) is 2.93. The molecule has 0 amide bonds. The number of nitrogens with one attached hydrogen (secondary N) is 2. The van der Waals surface area contributed by atoms with Crippen LogP contribution in [0.2, 0.25) is 0 Å². The van der Waals surface area contributed by atoms with Gasteiger partial charge in [-0.15, -0.1) is 0 Å². The van der Waals surface area contributed by atoms with Gasteiger partial charge in [-0.25, -0.2) is 9.97 Å². The number of nitrogen functional groups attached to an aromatic ring is 1. The lowest BCUT2D eigenvalue weighted by molar-refractivity contribution is 0.120. The molecule has 112 valence electrons. The predicted molar refractivity (Wildman–Crippen MR) is 78.9 cm³/mol. The van der Waals surface area contributed by atoms with Gasteiger partial charge < -0.3 is 25.8 Å². The van der Waals surface area contributed by atoms with Crippen molar-refractivity contribution in [2.45, 2.75) is 31.9 Å². The summed E-state index contributed by atoms with van der Waals surface area (Å²) in [7, 11) is 1.66. The van der Waals surface area contributed by atoms with E-state index in [2.05, 4.69) is 20.6 Å². The summed E-state index contributed by atoms with van der Waals surface area (Å²) in [4.78, 5) is 8.35. The van der Waals surface area contributed by atoms with Crippen LogP contribution >= 0.6 is 0 Å². The molecule has 20 heavy (non-hydrogen) atoms. The second-order valence-electron chi connectivity index (χ2n) is 5.00. The van der Waals surface area contributed by atoms with Gasteiger partial charge in [0.15, 0.2) is 11.6 Å². The van der Waals surface area contributed by atoms with E-state index < -0.39 is 0 Å². The first kappa shape index (κ1) is 14.8. The highest BCUT2D eigenvalue weighted by atomic mass is 16.5. The lowest BCUT2D eigenvalue weighted by atomic mass is 10.2. The van der Waals surface area contributed by atoms with E-state index in [-0.39, 0.29) is 12.1 Å². The Hall–Kier alpha value is -1.60. The Morgan fingerprint density at radius 1 is 1.50 bits per heavy atom. The van der Waals surface area contributed by atoms with Crippen molar-refractivity contribution in [2.75, 3.05) is 43.2 Å². The second kappa shape index (κ2) is 7.25. The molecular formula is C13H23N5O2. The van der Waals surface area contributed by atoms with E-state index in [1.807, 2.05) is 6.92 Å². The van der Waals surface area contributed by atoms with E-state index >= 15 is 0 Å². The zero-order chi connectivity index (χ0) is 14.4. The molecule has 0 saturated carbocycles. The van der Waals surface area contributed by atoms with Gasteiger partial charge in [0.1, 0.15) is 12.0 Å². The lowest BCUT2D eigenvalue weighted by Crippen LogP contribution is -2.23. The van der Waals surface area contributed by atoms with Gasteiger partial charge in [0.05, 0.1) is 12.7 Å². The molecule has 0 radical (unpaired) electrons. The van der Waals surface area contributed by atoms with Crippen LogP contribution in [0.25, 0.3) is 0 Å². The predicted octanol–water partition coefficient (Wildman–Crippen LogP) is 1.10. The molecule has 2 heterocycles. The summed E-state index contributed by atoms with van der Waals surface area (Å²) in [5.41, 5.74) is 6.60. The van der Waals surface area contributed by atoms with Crippen molar-refractivity contribution in [3.63, 3.8) is 0 Å². The molecule has 0 bridgehead atoms. The second-order valence-corrected chi connectivity index (χ2v) is 5.00. The molecule has 2 rings (SSSR count). The van der Waals surface area contributed by atoms with Crippen LogP contribution in [-0.2, 0) is 9.47 Å². The van der Waals surface area contributed by atoms with Crippen molar-refractivity contribution in [3.05, 3.63) is 6.33 Å². The normalized spacial score (nSPS) is 19.8. The van der Waals surface area contributed by atoms with Gasteiger partial charge in [-0.3, -0.25) is 0 Å². The smallest absolute Gasteiger partial charge is 0.155 e. The highest BCUT2D eigenvalue weighted by Crippen LogP contribution is 2.23. The molecule has 1 fully saturated rings. The van der Waals surface area contributed by atoms with Gasteiger partial charge in [-0.1, -0.05) is 0 Å². The Kier molecular flexibility index (Phi) is 5.37. The SMILES string of the molecule is COCC(C)Nc1ncnc(NCC2CCCO2)c1N. The Morgan fingerprint density at radius 3 is 3.00 bits per heavy atom. The number of anilines is 3. The van der Waals surface area contributed by atoms with Crippen molar-refractivity contribution in [1.82, 2.24) is 9.97 Å². The van der Waals surface area contributed by atoms with Crippen LogP contribution in [0.15, 0.2) is 6.33 Å². The van der Waals surface area contributed by atoms with Crippen LogP contribution in [0.1, 0.15) is 19.8 Å². The molecule has 2 unspecified atom stereocenters. The molecule has 4 N–H and O–H groups in total. The van der Waals surface area contributed by atoms with Gasteiger partial charge >= 0.3 is 0 Å². The number of rotatable bonds is 7. The molecule has 1 aliphatic heterocycles. The summed E-state index contributed by atoms with van der Waals surface area (Å²) in [6, 6.07) is 0.128. The molecule has 1 aromatic rings. The molecule has 0 aromatic carbocycles. The first-order valence-corrected chi connectivity index (χ1v) is 6.92. The van der Waals surface area contributed by atoms with Crippen molar-refractivity contribution in [1.29, 1.82) is 0 Å². The minimum Gasteiger partial charge on any atom is -0.393 e. The summed E-state index contributed by atoms with van der Waals surface area (Å²) < 4.78 is 10.6. The molecule has 2 atom stereocenters. The van der Waals surface area contributed by atoms with Gasteiger partial charge in [0.25, 0.3) is 0 Å². The highest BCUT2D eigenvalue weighted by Gasteiger charge is 2.16. The number of methoxy groups -OCH3 is 1. The van der Waals surface area contributed by atoms with Crippen LogP contribution in [0.4, 0.5) is 17.3 Å². The van der Waals surface area contributed by atoms with Gasteiger partial charge in [-0.2, -0.15) is 0 Å². The van der Waals surface area contributed by atoms with E-state index in [0.717, 1.165) is 19.4 Å². The molecular weight excluding hydrogens is 258 g/mol. The van der Waals surface area contributed by atoms with Crippen molar-refractivity contribution in [3.8, 4) is 0 Å². The Morgan fingerprint density at radius 2 is 2.30 bits per heavy atom. The third-order valence-corrected chi connectivity index (χ3v) is 3.20. The third kappa shape index (κ3) is 3.94. The maximum atomic E-state index is 6.08. The third-order valence-electron chi connectivity index (χ3n) is 3.20. The molecule has 1 aromatic heterocycles. The van der Waals surface area contributed by atoms with Gasteiger partial charge in [0, 0.05) is 26.3 Å². The zero-order valence-electron chi connectivity index (χ0n) is 12.1. The van der Waals surface area contributed by atoms with E-state index in [0.29, 0.717) is 30.5 Å². The summed E-state index contributed by atoms with van der Waals surface area (Å²) in [5, 5.41) is 6.44. The van der Waals surface area contributed by atoms with E-state index in [1.54, 1.807) is 7.11 Å². The summed E-state index contributed by atoms with van der Waals surface area (Å²) in [6.07, 6.45) is 3.94. The quantitative estimate of drug-likeness (QED) is 0.689. The maximum absolute atomic E-state index is 6.08. The van der Waals surface area contributed by atoms with Crippen LogP contribution in [0.3, 0.4) is 0 Å². The Labute approximate surface area is 119 Å². The van der Waals surface area contributed by atoms with E-state index in [9.17, 15) is 0 Å². The van der Waals surface area contributed by atoms with Gasteiger partial charge in [0.2, 0.25) is 0 Å². The minimum absolute atomic E-state index is 0.128. The standard InChI is InChI=1S/C13H23N5O2/c1-9(7-19-2)18-13-11(14)12(16-8-17-13)15-6-10-4-3-5-20-10/h8-10H,3-7,14H2,1-2H3,(H2,15,16,17,18). The fourth-order valence-corrected chi connectivity index (χ4v) is 2.19. The number of hydrogen-bond acceptors (Lipinski definition) is 7. The molecule has 1 aliphatic rings. The number of hydrogen-bond donors (Lipinski definition) is 3. The summed E-state index contributed by atoms with van der Waals surface area (Å²) in [5.74, 6) is 1.27. The van der Waals surface area contributed by atoms with Crippen LogP contribution < -0.4 is 16.4 Å². The fraction of sp³-hybridized carbons (Fsp3) is 0.692. The van der Waals surface area contributed by atoms with Crippen molar-refractivity contribution < 1.29 is 9.47 Å². The molecule has 1 saturated heterocycles. The minimum atomic E-state index is 0.128. The van der Waals surface area contributed by atoms with Crippen LogP contribution in [-0.4, -0.2) is 49.0 Å². The number of nitrogens with zero attached hydrogens (tertiary/aromatic N) is 2. The molecule has 7 nitrogen and oxygen atoms in total. The van der Waals surface area contributed by atoms with E-state index in [4.69, 9.17) is 15.2 Å². The van der Waals surface area contributed by atoms with Crippen molar-refractivity contribution >= 4 is 17.3 Å². The first-order chi connectivity index (χ1) is 9.70. The zero-order valence-corrected chi connectivity index (χ0v) is 12.1. The summed E-state index contributed by atoms with van der Waals surface area (Å²) >= 11 is 0. The monoisotopic (exact) mass is 281 g/mol. The number of aromatic nitrogens is 2. The van der Waals surface area contributed by atoms with E-state index in [1.165, 1.54) is 6.33 Å².